The van der Waals surface area contributed by atoms with Gasteiger partial charge in [-0.2, -0.15) is 0 Å². The van der Waals surface area contributed by atoms with Crippen LogP contribution in [-0.2, 0) is 4.74 Å². The van der Waals surface area contributed by atoms with Crippen molar-refractivity contribution in [2.75, 3.05) is 0 Å². The topological polar surface area (TPSA) is 9.23 Å². The smallest absolute Gasteiger partial charge is 0.101 e. The van der Waals surface area contributed by atoms with Gasteiger partial charge in [0.25, 0.3) is 0 Å². The molecule has 0 aromatic rings. The monoisotopic (exact) mass is 168 g/mol. The highest BCUT2D eigenvalue weighted by atomic mass is 16.5. The van der Waals surface area contributed by atoms with E-state index in [-0.39, 0.29) is 0 Å². The SMILES string of the molecule is C=C(C)OC1CC[C@@H](C)C[C@H]1C. The van der Waals surface area contributed by atoms with Crippen molar-refractivity contribution in [1.82, 2.24) is 0 Å². The van der Waals surface area contributed by atoms with Crippen molar-refractivity contribution in [2.24, 2.45) is 11.8 Å². The normalized spacial score (nSPS) is 36.1. The van der Waals surface area contributed by atoms with E-state index in [1.165, 1.54) is 19.3 Å². The molecule has 1 nitrogen and oxygen atoms in total. The Morgan fingerprint density at radius 1 is 1.33 bits per heavy atom. The molecule has 3 atom stereocenters. The number of rotatable bonds is 2. The second-order valence-electron chi connectivity index (χ2n) is 4.25. The Morgan fingerprint density at radius 2 is 2.00 bits per heavy atom. The Morgan fingerprint density at radius 3 is 2.50 bits per heavy atom. The summed E-state index contributed by atoms with van der Waals surface area (Å²) in [6.45, 7) is 10.3. The van der Waals surface area contributed by atoms with Crippen molar-refractivity contribution in [3.05, 3.63) is 12.3 Å². The summed E-state index contributed by atoms with van der Waals surface area (Å²) in [5, 5.41) is 0. The van der Waals surface area contributed by atoms with E-state index in [0.29, 0.717) is 12.0 Å². The largest absolute Gasteiger partial charge is 0.495 e. The Balaban J connectivity index is 2.39. The molecular weight excluding hydrogens is 148 g/mol. The predicted molar refractivity (Wildman–Crippen MR) is 51.9 cm³/mol. The minimum atomic E-state index is 0.429. The molecular formula is C11H20O. The van der Waals surface area contributed by atoms with Crippen LogP contribution >= 0.6 is 0 Å². The third-order valence-electron chi connectivity index (χ3n) is 2.71. The molecule has 12 heavy (non-hydrogen) atoms. The van der Waals surface area contributed by atoms with Crippen molar-refractivity contribution < 1.29 is 4.74 Å². The van der Waals surface area contributed by atoms with E-state index < -0.39 is 0 Å². The van der Waals surface area contributed by atoms with Crippen LogP contribution in [0.15, 0.2) is 12.3 Å². The maximum Gasteiger partial charge on any atom is 0.101 e. The van der Waals surface area contributed by atoms with Crippen molar-refractivity contribution in [1.29, 1.82) is 0 Å². The van der Waals surface area contributed by atoms with Gasteiger partial charge in [-0.3, -0.25) is 0 Å². The quantitative estimate of drug-likeness (QED) is 0.574. The molecule has 0 aromatic carbocycles. The molecule has 1 aliphatic rings. The lowest BCUT2D eigenvalue weighted by Crippen LogP contribution is -2.28. The standard InChI is InChI=1S/C11H20O/c1-8(2)12-11-6-5-9(3)7-10(11)4/h9-11H,1,5-7H2,2-4H3/t9-,10-,11?/m1/s1. The Bertz CT molecular complexity index is 162. The van der Waals surface area contributed by atoms with Crippen LogP contribution in [0.1, 0.15) is 40.0 Å². The summed E-state index contributed by atoms with van der Waals surface area (Å²) in [6, 6.07) is 0. The number of hydrogen-bond acceptors (Lipinski definition) is 1. The predicted octanol–water partition coefficient (Wildman–Crippen LogP) is 3.36. The van der Waals surface area contributed by atoms with Gasteiger partial charge in [-0.15, -0.1) is 0 Å². The van der Waals surface area contributed by atoms with Crippen molar-refractivity contribution in [3.8, 4) is 0 Å². The van der Waals surface area contributed by atoms with Gasteiger partial charge >= 0.3 is 0 Å². The minimum Gasteiger partial charge on any atom is -0.495 e. The van der Waals surface area contributed by atoms with Gasteiger partial charge in [0.1, 0.15) is 6.10 Å². The van der Waals surface area contributed by atoms with Gasteiger partial charge in [0, 0.05) is 0 Å². The van der Waals surface area contributed by atoms with Crippen molar-refractivity contribution in [3.63, 3.8) is 0 Å². The zero-order valence-corrected chi connectivity index (χ0v) is 8.47. The van der Waals surface area contributed by atoms with E-state index in [0.717, 1.165) is 11.7 Å². The van der Waals surface area contributed by atoms with Crippen molar-refractivity contribution >= 4 is 0 Å². The van der Waals surface area contributed by atoms with E-state index in [9.17, 15) is 0 Å². The highest BCUT2D eigenvalue weighted by Crippen LogP contribution is 2.31. The van der Waals surface area contributed by atoms with Crippen LogP contribution in [0.2, 0.25) is 0 Å². The van der Waals surface area contributed by atoms with E-state index in [2.05, 4.69) is 20.4 Å². The molecule has 1 saturated carbocycles. The molecule has 1 fully saturated rings. The minimum absolute atomic E-state index is 0.429. The molecule has 70 valence electrons. The molecule has 1 heteroatoms. The Labute approximate surface area is 75.8 Å². The van der Waals surface area contributed by atoms with Gasteiger partial charge in [0.05, 0.1) is 5.76 Å². The lowest BCUT2D eigenvalue weighted by Gasteiger charge is -2.32. The van der Waals surface area contributed by atoms with Crippen LogP contribution in [-0.4, -0.2) is 6.10 Å². The molecule has 1 unspecified atom stereocenters. The summed E-state index contributed by atoms with van der Waals surface area (Å²) in [4.78, 5) is 0. The molecule has 0 aromatic heterocycles. The molecule has 0 spiro atoms. The van der Waals surface area contributed by atoms with E-state index in [4.69, 9.17) is 4.74 Å². The third kappa shape index (κ3) is 2.54. The number of allylic oxidation sites excluding steroid dienone is 1. The molecule has 0 radical (unpaired) electrons. The Hall–Kier alpha value is -0.460. The Kier molecular flexibility index (Phi) is 3.19. The van der Waals surface area contributed by atoms with Crippen LogP contribution in [0.5, 0.6) is 0 Å². The summed E-state index contributed by atoms with van der Waals surface area (Å²) in [7, 11) is 0. The second kappa shape index (κ2) is 3.97. The fraction of sp³-hybridized carbons (Fsp3) is 0.818. The fourth-order valence-electron chi connectivity index (χ4n) is 2.07. The summed E-state index contributed by atoms with van der Waals surface area (Å²) in [5.74, 6) is 2.44. The van der Waals surface area contributed by atoms with Crippen molar-refractivity contribution in [2.45, 2.75) is 46.1 Å². The number of ether oxygens (including phenoxy) is 1. The second-order valence-corrected chi connectivity index (χ2v) is 4.25. The van der Waals surface area contributed by atoms with Crippen LogP contribution < -0.4 is 0 Å². The van der Waals surface area contributed by atoms with Gasteiger partial charge in [0.15, 0.2) is 0 Å². The average molecular weight is 168 g/mol. The van der Waals surface area contributed by atoms with Crippen LogP contribution in [0.3, 0.4) is 0 Å². The summed E-state index contributed by atoms with van der Waals surface area (Å²) >= 11 is 0. The summed E-state index contributed by atoms with van der Waals surface area (Å²) in [6.07, 6.45) is 4.24. The van der Waals surface area contributed by atoms with Crippen LogP contribution in [0, 0.1) is 11.8 Å². The van der Waals surface area contributed by atoms with Gasteiger partial charge in [0.2, 0.25) is 0 Å². The van der Waals surface area contributed by atoms with Gasteiger partial charge < -0.3 is 4.74 Å². The van der Waals surface area contributed by atoms with Crippen LogP contribution in [0.4, 0.5) is 0 Å². The van der Waals surface area contributed by atoms with E-state index in [1.807, 2.05) is 6.92 Å². The zero-order chi connectivity index (χ0) is 9.14. The first-order valence-corrected chi connectivity index (χ1v) is 4.91. The fourth-order valence-corrected chi connectivity index (χ4v) is 2.07. The molecule has 0 aliphatic heterocycles. The maximum atomic E-state index is 5.66. The molecule has 0 bridgehead atoms. The first-order chi connectivity index (χ1) is 5.59. The van der Waals surface area contributed by atoms with E-state index >= 15 is 0 Å². The molecule has 0 amide bonds. The zero-order valence-electron chi connectivity index (χ0n) is 8.47. The van der Waals surface area contributed by atoms with Gasteiger partial charge in [-0.05, 0) is 38.0 Å². The highest BCUT2D eigenvalue weighted by molar-refractivity contribution is 4.82. The van der Waals surface area contributed by atoms with Crippen LogP contribution in [0.25, 0.3) is 0 Å². The molecule has 1 aliphatic carbocycles. The average Bonchev–Trinajstić information content (AvgIpc) is 1.94. The molecule has 0 saturated heterocycles. The lowest BCUT2D eigenvalue weighted by molar-refractivity contribution is 0.0291. The van der Waals surface area contributed by atoms with Gasteiger partial charge in [-0.1, -0.05) is 20.4 Å². The third-order valence-corrected chi connectivity index (χ3v) is 2.71. The first-order valence-electron chi connectivity index (χ1n) is 4.91. The molecule has 0 N–H and O–H groups in total. The number of hydrogen-bond donors (Lipinski definition) is 0. The molecule has 0 heterocycles. The summed E-state index contributed by atoms with van der Waals surface area (Å²) < 4.78 is 5.66. The molecule has 1 rings (SSSR count). The first kappa shape index (κ1) is 9.63. The summed E-state index contributed by atoms with van der Waals surface area (Å²) in [5.41, 5.74) is 0. The van der Waals surface area contributed by atoms with E-state index in [1.54, 1.807) is 0 Å². The highest BCUT2D eigenvalue weighted by Gasteiger charge is 2.26. The lowest BCUT2D eigenvalue weighted by atomic mass is 9.81. The maximum absolute atomic E-state index is 5.66. The van der Waals surface area contributed by atoms with Gasteiger partial charge in [-0.25, -0.2) is 0 Å².